The molecule has 1 saturated heterocycles. The highest BCUT2D eigenvalue weighted by Gasteiger charge is 2.46. The van der Waals surface area contributed by atoms with Crippen LogP contribution in [0.4, 0.5) is 4.39 Å². The van der Waals surface area contributed by atoms with Crippen molar-refractivity contribution in [2.45, 2.75) is 19.4 Å². The van der Waals surface area contributed by atoms with Crippen LogP contribution in [0.3, 0.4) is 0 Å². The summed E-state index contributed by atoms with van der Waals surface area (Å²) in [6.07, 6.45) is 5.35. The van der Waals surface area contributed by atoms with Crippen LogP contribution < -0.4 is 0 Å². The molecule has 2 aliphatic rings. The van der Waals surface area contributed by atoms with Gasteiger partial charge in [-0.05, 0) is 37.6 Å². The third kappa shape index (κ3) is 3.34. The third-order valence-corrected chi connectivity index (χ3v) is 4.67. The standard InChI is InChI=1S/C18H21FN2O2/c1-20(12-13-6-8-14(19)9-7-13)10-11-21-17(22)15-4-2-3-5-16(15)18(21)23/h2-3,6-9,15-16H,4-5,10-12H2,1H3/t15-,16+. The summed E-state index contributed by atoms with van der Waals surface area (Å²) < 4.78 is 12.9. The lowest BCUT2D eigenvalue weighted by Gasteiger charge is -2.21. The van der Waals surface area contributed by atoms with E-state index in [0.717, 1.165) is 5.56 Å². The van der Waals surface area contributed by atoms with Crippen LogP contribution in [0.25, 0.3) is 0 Å². The molecule has 0 spiro atoms. The van der Waals surface area contributed by atoms with E-state index >= 15 is 0 Å². The molecule has 2 amide bonds. The SMILES string of the molecule is CN(CCN1C(=O)[C@H]2CC=CC[C@H]2C1=O)Cc1ccc(F)cc1. The molecule has 4 nitrogen and oxygen atoms in total. The summed E-state index contributed by atoms with van der Waals surface area (Å²) in [5, 5.41) is 0. The topological polar surface area (TPSA) is 40.6 Å². The van der Waals surface area contributed by atoms with Crippen molar-refractivity contribution >= 4 is 11.8 Å². The molecule has 1 heterocycles. The summed E-state index contributed by atoms with van der Waals surface area (Å²) in [7, 11) is 1.93. The maximum Gasteiger partial charge on any atom is 0.233 e. The fourth-order valence-electron chi connectivity index (χ4n) is 3.34. The highest BCUT2D eigenvalue weighted by atomic mass is 19.1. The molecule has 0 aromatic heterocycles. The van der Waals surface area contributed by atoms with E-state index in [1.807, 2.05) is 24.1 Å². The number of carbonyl (C=O) groups excluding carboxylic acids is 2. The number of hydrogen-bond acceptors (Lipinski definition) is 3. The Labute approximate surface area is 135 Å². The Hall–Kier alpha value is -2.01. The minimum absolute atomic E-state index is 0.0282. The zero-order valence-corrected chi connectivity index (χ0v) is 13.2. The molecular formula is C18H21FN2O2. The van der Waals surface area contributed by atoms with Gasteiger partial charge in [-0.2, -0.15) is 0 Å². The maximum atomic E-state index is 12.9. The molecule has 122 valence electrons. The number of nitrogens with zero attached hydrogens (tertiary/aromatic N) is 2. The first-order chi connectivity index (χ1) is 11.1. The Morgan fingerprint density at radius 2 is 1.65 bits per heavy atom. The molecule has 0 bridgehead atoms. The normalized spacial score (nSPS) is 23.7. The van der Waals surface area contributed by atoms with Crippen molar-refractivity contribution in [1.29, 1.82) is 0 Å². The van der Waals surface area contributed by atoms with Gasteiger partial charge in [0.2, 0.25) is 11.8 Å². The van der Waals surface area contributed by atoms with Gasteiger partial charge in [-0.15, -0.1) is 0 Å². The molecule has 1 aliphatic carbocycles. The molecule has 0 unspecified atom stereocenters. The van der Waals surface area contributed by atoms with Gasteiger partial charge in [-0.3, -0.25) is 14.5 Å². The van der Waals surface area contributed by atoms with E-state index in [1.165, 1.54) is 17.0 Å². The predicted molar refractivity (Wildman–Crippen MR) is 84.8 cm³/mol. The molecule has 0 saturated carbocycles. The first-order valence-corrected chi connectivity index (χ1v) is 7.99. The van der Waals surface area contributed by atoms with Gasteiger partial charge in [0.25, 0.3) is 0 Å². The number of carbonyl (C=O) groups is 2. The molecule has 1 aromatic rings. The number of likely N-dealkylation sites (tertiary alicyclic amines) is 1. The lowest BCUT2D eigenvalue weighted by Crippen LogP contribution is -2.37. The van der Waals surface area contributed by atoms with Crippen LogP contribution in [0, 0.1) is 17.7 Å². The van der Waals surface area contributed by atoms with E-state index in [2.05, 4.69) is 0 Å². The zero-order chi connectivity index (χ0) is 16.4. The number of allylic oxidation sites excluding steroid dienone is 2. The smallest absolute Gasteiger partial charge is 0.233 e. The molecule has 1 aromatic carbocycles. The van der Waals surface area contributed by atoms with Gasteiger partial charge in [-0.1, -0.05) is 24.3 Å². The molecule has 1 aliphatic heterocycles. The second-order valence-corrected chi connectivity index (χ2v) is 6.35. The number of benzene rings is 1. The van der Waals surface area contributed by atoms with E-state index in [9.17, 15) is 14.0 Å². The highest BCUT2D eigenvalue weighted by molar-refractivity contribution is 6.05. The van der Waals surface area contributed by atoms with Gasteiger partial charge in [0, 0.05) is 19.6 Å². The van der Waals surface area contributed by atoms with Crippen molar-refractivity contribution in [3.63, 3.8) is 0 Å². The van der Waals surface area contributed by atoms with Gasteiger partial charge in [0.15, 0.2) is 0 Å². The van der Waals surface area contributed by atoms with Crippen molar-refractivity contribution in [3.8, 4) is 0 Å². The Bertz CT molecular complexity index is 600. The van der Waals surface area contributed by atoms with Crippen molar-refractivity contribution < 1.29 is 14.0 Å². The number of rotatable bonds is 5. The summed E-state index contributed by atoms with van der Waals surface area (Å²) >= 11 is 0. The molecule has 2 atom stereocenters. The largest absolute Gasteiger partial charge is 0.300 e. The van der Waals surface area contributed by atoms with E-state index in [0.29, 0.717) is 32.5 Å². The van der Waals surface area contributed by atoms with E-state index in [1.54, 1.807) is 12.1 Å². The van der Waals surface area contributed by atoms with Crippen LogP contribution in [0.1, 0.15) is 18.4 Å². The molecule has 23 heavy (non-hydrogen) atoms. The van der Waals surface area contributed by atoms with E-state index in [-0.39, 0.29) is 29.5 Å². The number of imide groups is 1. The summed E-state index contributed by atoms with van der Waals surface area (Å²) in [6, 6.07) is 6.37. The van der Waals surface area contributed by atoms with Crippen LogP contribution in [0.5, 0.6) is 0 Å². The summed E-state index contributed by atoms with van der Waals surface area (Å²) in [4.78, 5) is 28.2. The van der Waals surface area contributed by atoms with Crippen molar-refractivity contribution in [3.05, 3.63) is 47.8 Å². The van der Waals surface area contributed by atoms with E-state index < -0.39 is 0 Å². The Morgan fingerprint density at radius 1 is 1.09 bits per heavy atom. The van der Waals surface area contributed by atoms with Gasteiger partial charge >= 0.3 is 0 Å². The fraction of sp³-hybridized carbons (Fsp3) is 0.444. The minimum Gasteiger partial charge on any atom is -0.300 e. The van der Waals surface area contributed by atoms with Gasteiger partial charge in [-0.25, -0.2) is 4.39 Å². The van der Waals surface area contributed by atoms with Crippen LogP contribution in [0.15, 0.2) is 36.4 Å². The van der Waals surface area contributed by atoms with Crippen molar-refractivity contribution in [2.24, 2.45) is 11.8 Å². The zero-order valence-electron chi connectivity index (χ0n) is 13.2. The van der Waals surface area contributed by atoms with E-state index in [4.69, 9.17) is 0 Å². The molecule has 0 N–H and O–H groups in total. The van der Waals surface area contributed by atoms with Gasteiger partial charge in [0.1, 0.15) is 5.82 Å². The second-order valence-electron chi connectivity index (χ2n) is 6.35. The Kier molecular flexibility index (Phi) is 4.57. The molecular weight excluding hydrogens is 295 g/mol. The first kappa shape index (κ1) is 15.9. The van der Waals surface area contributed by atoms with Crippen LogP contribution in [-0.4, -0.2) is 41.8 Å². The van der Waals surface area contributed by atoms with Crippen LogP contribution >= 0.6 is 0 Å². The molecule has 1 fully saturated rings. The average molecular weight is 316 g/mol. The maximum absolute atomic E-state index is 12.9. The summed E-state index contributed by atoms with van der Waals surface area (Å²) in [5.41, 5.74) is 1.01. The second kappa shape index (κ2) is 6.62. The van der Waals surface area contributed by atoms with Crippen molar-refractivity contribution in [1.82, 2.24) is 9.80 Å². The monoisotopic (exact) mass is 316 g/mol. The van der Waals surface area contributed by atoms with Gasteiger partial charge in [0.05, 0.1) is 11.8 Å². The molecule has 0 radical (unpaired) electrons. The first-order valence-electron chi connectivity index (χ1n) is 7.99. The third-order valence-electron chi connectivity index (χ3n) is 4.67. The molecule has 3 rings (SSSR count). The fourth-order valence-corrected chi connectivity index (χ4v) is 3.34. The van der Waals surface area contributed by atoms with Gasteiger partial charge < -0.3 is 4.90 Å². The summed E-state index contributed by atoms with van der Waals surface area (Å²) in [5.74, 6) is -0.621. The summed E-state index contributed by atoms with van der Waals surface area (Å²) in [6.45, 7) is 1.69. The molecule has 5 heteroatoms. The Balaban J connectivity index is 1.54. The lowest BCUT2D eigenvalue weighted by atomic mass is 9.85. The average Bonchev–Trinajstić information content (AvgIpc) is 2.80. The minimum atomic E-state index is -0.249. The van der Waals surface area contributed by atoms with Crippen LogP contribution in [-0.2, 0) is 16.1 Å². The number of likely N-dealkylation sites (N-methyl/N-ethyl adjacent to an activating group) is 1. The number of fused-ring (bicyclic) bond motifs is 1. The quantitative estimate of drug-likeness (QED) is 0.618. The number of hydrogen-bond donors (Lipinski definition) is 0. The van der Waals surface area contributed by atoms with Crippen molar-refractivity contribution in [2.75, 3.05) is 20.1 Å². The highest BCUT2D eigenvalue weighted by Crippen LogP contribution is 2.34. The predicted octanol–water partition coefficient (Wildman–Crippen LogP) is 2.21. The number of halogens is 1. The van der Waals surface area contributed by atoms with Crippen LogP contribution in [0.2, 0.25) is 0 Å². The number of amides is 2. The Morgan fingerprint density at radius 3 is 2.22 bits per heavy atom. The lowest BCUT2D eigenvalue weighted by molar-refractivity contribution is -0.140.